The molecule has 0 aliphatic heterocycles. The maximum Gasteiger partial charge on any atom is 0.161 e. The molecule has 1 aromatic carbocycles. The van der Waals surface area contributed by atoms with Crippen molar-refractivity contribution in [1.29, 1.82) is 0 Å². The SMILES string of the molecule is CCc1ccc(OCC(C)(C)CN)c(OC)c1. The summed E-state index contributed by atoms with van der Waals surface area (Å²) in [4.78, 5) is 0. The lowest BCUT2D eigenvalue weighted by atomic mass is 9.95. The van der Waals surface area contributed by atoms with Crippen molar-refractivity contribution in [1.82, 2.24) is 0 Å². The summed E-state index contributed by atoms with van der Waals surface area (Å²) in [5.74, 6) is 1.57. The Morgan fingerprint density at radius 2 is 1.94 bits per heavy atom. The van der Waals surface area contributed by atoms with E-state index < -0.39 is 0 Å². The Kier molecular flexibility index (Phi) is 4.82. The van der Waals surface area contributed by atoms with Gasteiger partial charge in [-0.1, -0.05) is 26.8 Å². The Morgan fingerprint density at radius 1 is 1.24 bits per heavy atom. The quantitative estimate of drug-likeness (QED) is 0.827. The average Bonchev–Trinajstić information content (AvgIpc) is 2.36. The van der Waals surface area contributed by atoms with Gasteiger partial charge in [-0.2, -0.15) is 0 Å². The van der Waals surface area contributed by atoms with Gasteiger partial charge in [0.2, 0.25) is 0 Å². The van der Waals surface area contributed by atoms with E-state index in [1.807, 2.05) is 12.1 Å². The van der Waals surface area contributed by atoms with Gasteiger partial charge in [0.1, 0.15) is 0 Å². The summed E-state index contributed by atoms with van der Waals surface area (Å²) < 4.78 is 11.1. The van der Waals surface area contributed by atoms with Crippen LogP contribution in [0, 0.1) is 5.41 Å². The molecule has 0 saturated carbocycles. The van der Waals surface area contributed by atoms with E-state index in [0.717, 1.165) is 17.9 Å². The lowest BCUT2D eigenvalue weighted by Gasteiger charge is -2.23. The van der Waals surface area contributed by atoms with Gasteiger partial charge in [-0.25, -0.2) is 0 Å². The third-order valence-electron chi connectivity index (χ3n) is 2.81. The molecule has 0 atom stereocenters. The molecule has 0 bridgehead atoms. The van der Waals surface area contributed by atoms with Crippen molar-refractivity contribution in [2.45, 2.75) is 27.2 Å². The lowest BCUT2D eigenvalue weighted by molar-refractivity contribution is 0.181. The molecule has 0 aromatic heterocycles. The van der Waals surface area contributed by atoms with E-state index >= 15 is 0 Å². The highest BCUT2D eigenvalue weighted by molar-refractivity contribution is 5.42. The fourth-order valence-corrected chi connectivity index (χ4v) is 1.38. The van der Waals surface area contributed by atoms with Gasteiger partial charge in [0.25, 0.3) is 0 Å². The van der Waals surface area contributed by atoms with Crippen LogP contribution in [0.3, 0.4) is 0 Å². The molecule has 0 radical (unpaired) electrons. The number of aryl methyl sites for hydroxylation is 1. The van der Waals surface area contributed by atoms with Crippen LogP contribution in [0.4, 0.5) is 0 Å². The Balaban J connectivity index is 2.77. The fourth-order valence-electron chi connectivity index (χ4n) is 1.38. The van der Waals surface area contributed by atoms with Crippen LogP contribution in [0.2, 0.25) is 0 Å². The minimum Gasteiger partial charge on any atom is -0.493 e. The number of benzene rings is 1. The topological polar surface area (TPSA) is 44.5 Å². The van der Waals surface area contributed by atoms with E-state index in [1.165, 1.54) is 5.56 Å². The van der Waals surface area contributed by atoms with Gasteiger partial charge in [0.15, 0.2) is 11.5 Å². The second kappa shape index (κ2) is 5.92. The molecule has 3 nitrogen and oxygen atoms in total. The van der Waals surface area contributed by atoms with Crippen LogP contribution in [0.5, 0.6) is 11.5 Å². The molecule has 1 rings (SSSR count). The number of hydrogen-bond acceptors (Lipinski definition) is 3. The summed E-state index contributed by atoms with van der Waals surface area (Å²) in [5.41, 5.74) is 6.90. The number of hydrogen-bond donors (Lipinski definition) is 1. The zero-order valence-corrected chi connectivity index (χ0v) is 11.2. The Morgan fingerprint density at radius 3 is 2.47 bits per heavy atom. The van der Waals surface area contributed by atoms with E-state index in [9.17, 15) is 0 Å². The summed E-state index contributed by atoms with van der Waals surface area (Å²) >= 11 is 0. The van der Waals surface area contributed by atoms with Crippen LogP contribution in [-0.2, 0) is 6.42 Å². The summed E-state index contributed by atoms with van der Waals surface area (Å²) in [6, 6.07) is 6.04. The van der Waals surface area contributed by atoms with Gasteiger partial charge in [-0.15, -0.1) is 0 Å². The molecule has 0 aliphatic rings. The van der Waals surface area contributed by atoms with Crippen LogP contribution in [0.1, 0.15) is 26.3 Å². The molecule has 96 valence electrons. The van der Waals surface area contributed by atoms with E-state index in [0.29, 0.717) is 13.2 Å². The highest BCUT2D eigenvalue weighted by Crippen LogP contribution is 2.29. The van der Waals surface area contributed by atoms with E-state index in [2.05, 4.69) is 26.8 Å². The van der Waals surface area contributed by atoms with Crippen molar-refractivity contribution in [3.8, 4) is 11.5 Å². The van der Waals surface area contributed by atoms with Crippen molar-refractivity contribution in [3.05, 3.63) is 23.8 Å². The summed E-state index contributed by atoms with van der Waals surface area (Å²) in [6.45, 7) is 7.47. The van der Waals surface area contributed by atoms with Gasteiger partial charge in [0, 0.05) is 12.0 Å². The number of rotatable bonds is 6. The first-order valence-electron chi connectivity index (χ1n) is 6.02. The Hall–Kier alpha value is -1.22. The van der Waals surface area contributed by atoms with Crippen LogP contribution in [0.15, 0.2) is 18.2 Å². The number of nitrogens with two attached hydrogens (primary N) is 1. The van der Waals surface area contributed by atoms with Crippen molar-refractivity contribution in [2.75, 3.05) is 20.3 Å². The smallest absolute Gasteiger partial charge is 0.161 e. The molecular weight excluding hydrogens is 214 g/mol. The maximum absolute atomic E-state index is 5.78. The first kappa shape index (κ1) is 13.8. The lowest BCUT2D eigenvalue weighted by Crippen LogP contribution is -2.30. The average molecular weight is 237 g/mol. The summed E-state index contributed by atoms with van der Waals surface area (Å²) in [6.07, 6.45) is 0.991. The standard InChI is InChI=1S/C14H23NO2/c1-5-11-6-7-12(13(8-11)16-4)17-10-14(2,3)9-15/h6-8H,5,9-10,15H2,1-4H3. The third kappa shape index (κ3) is 3.93. The normalized spacial score (nSPS) is 11.4. The molecule has 0 aliphatic carbocycles. The van der Waals surface area contributed by atoms with E-state index in [1.54, 1.807) is 7.11 Å². The van der Waals surface area contributed by atoms with Crippen LogP contribution >= 0.6 is 0 Å². The van der Waals surface area contributed by atoms with Crippen molar-refractivity contribution in [3.63, 3.8) is 0 Å². The van der Waals surface area contributed by atoms with E-state index in [4.69, 9.17) is 15.2 Å². The Labute approximate surface area is 104 Å². The molecular formula is C14H23NO2. The highest BCUT2D eigenvalue weighted by atomic mass is 16.5. The van der Waals surface area contributed by atoms with Gasteiger partial charge in [-0.05, 0) is 24.1 Å². The largest absolute Gasteiger partial charge is 0.493 e. The molecule has 1 aromatic rings. The summed E-state index contributed by atoms with van der Waals surface area (Å²) in [7, 11) is 1.66. The molecule has 0 spiro atoms. The monoisotopic (exact) mass is 237 g/mol. The van der Waals surface area contributed by atoms with Crippen LogP contribution < -0.4 is 15.2 Å². The Bertz CT molecular complexity index is 361. The van der Waals surface area contributed by atoms with Crippen molar-refractivity contribution < 1.29 is 9.47 Å². The molecule has 0 amide bonds. The van der Waals surface area contributed by atoms with Gasteiger partial charge in [-0.3, -0.25) is 0 Å². The molecule has 2 N–H and O–H groups in total. The first-order chi connectivity index (χ1) is 8.02. The summed E-state index contributed by atoms with van der Waals surface area (Å²) in [5, 5.41) is 0. The molecule has 17 heavy (non-hydrogen) atoms. The second-order valence-corrected chi connectivity index (χ2v) is 5.00. The molecule has 0 unspecified atom stereocenters. The van der Waals surface area contributed by atoms with Gasteiger partial charge in [0.05, 0.1) is 13.7 Å². The minimum atomic E-state index is -0.0194. The van der Waals surface area contributed by atoms with Gasteiger partial charge >= 0.3 is 0 Å². The van der Waals surface area contributed by atoms with Crippen LogP contribution in [0.25, 0.3) is 0 Å². The fraction of sp³-hybridized carbons (Fsp3) is 0.571. The molecule has 0 saturated heterocycles. The zero-order valence-electron chi connectivity index (χ0n) is 11.2. The number of methoxy groups -OCH3 is 1. The first-order valence-corrected chi connectivity index (χ1v) is 6.02. The predicted molar refractivity (Wildman–Crippen MR) is 70.7 cm³/mol. The number of ether oxygens (including phenoxy) is 2. The zero-order chi connectivity index (χ0) is 12.9. The minimum absolute atomic E-state index is 0.0194. The molecule has 0 heterocycles. The van der Waals surface area contributed by atoms with Crippen molar-refractivity contribution >= 4 is 0 Å². The predicted octanol–water partition coefficient (Wildman–Crippen LogP) is 2.62. The maximum atomic E-state index is 5.78. The molecule has 0 fully saturated rings. The molecule has 3 heteroatoms. The van der Waals surface area contributed by atoms with Gasteiger partial charge < -0.3 is 15.2 Å². The van der Waals surface area contributed by atoms with E-state index in [-0.39, 0.29) is 5.41 Å². The van der Waals surface area contributed by atoms with Crippen LogP contribution in [-0.4, -0.2) is 20.3 Å². The highest BCUT2D eigenvalue weighted by Gasteiger charge is 2.17. The third-order valence-corrected chi connectivity index (χ3v) is 2.81. The van der Waals surface area contributed by atoms with Crippen molar-refractivity contribution in [2.24, 2.45) is 11.1 Å². The second-order valence-electron chi connectivity index (χ2n) is 5.00.